The normalized spacial score (nSPS) is 10.5. The number of halogens is 6. The zero-order valence-corrected chi connectivity index (χ0v) is 11.1. The van der Waals surface area contributed by atoms with E-state index in [0.717, 1.165) is 0 Å². The van der Waals surface area contributed by atoms with Crippen molar-refractivity contribution in [3.63, 3.8) is 0 Å². The van der Waals surface area contributed by atoms with E-state index in [1.165, 1.54) is 0 Å². The van der Waals surface area contributed by atoms with Gasteiger partial charge in [0, 0.05) is 48.9 Å². The van der Waals surface area contributed by atoms with E-state index in [-0.39, 0.29) is 48.9 Å². The van der Waals surface area contributed by atoms with E-state index < -0.39 is 24.3 Å². The minimum Gasteiger partial charge on any atom is -0.475 e. The van der Waals surface area contributed by atoms with Gasteiger partial charge in [-0.15, -0.1) is 0 Å². The molecule has 0 aromatic rings. The van der Waals surface area contributed by atoms with Gasteiger partial charge in [0.15, 0.2) is 0 Å². The Balaban J connectivity index is -0.000000180. The first-order valence-corrected chi connectivity index (χ1v) is 2.49. The topological polar surface area (TPSA) is 74.6 Å². The van der Waals surface area contributed by atoms with E-state index in [1.807, 2.05) is 0 Å². The van der Waals surface area contributed by atoms with Crippen molar-refractivity contribution in [2.75, 3.05) is 0 Å². The smallest absolute Gasteiger partial charge is 0.475 e. The zero-order chi connectivity index (χ0) is 12.2. The Labute approximate surface area is 118 Å². The fourth-order valence-corrected chi connectivity index (χ4v) is 0. The summed E-state index contributed by atoms with van der Waals surface area (Å²) in [5, 5.41) is 14.2. The van der Waals surface area contributed by atoms with Crippen LogP contribution in [0.4, 0.5) is 26.3 Å². The number of carboxylic acids is 2. The van der Waals surface area contributed by atoms with Crippen LogP contribution in [0.25, 0.3) is 0 Å². The van der Waals surface area contributed by atoms with Gasteiger partial charge in [0.05, 0.1) is 0 Å². The van der Waals surface area contributed by atoms with Gasteiger partial charge in [0.25, 0.3) is 0 Å². The maximum Gasteiger partial charge on any atom is 0.490 e. The first kappa shape index (κ1) is 20.5. The summed E-state index contributed by atoms with van der Waals surface area (Å²) in [6, 6.07) is 0. The van der Waals surface area contributed by atoms with Crippen molar-refractivity contribution in [2.24, 2.45) is 0 Å². The van der Waals surface area contributed by atoms with Gasteiger partial charge in [-0.05, 0) is 0 Å². The third-order valence-corrected chi connectivity index (χ3v) is 0.485. The molecule has 2 radical (unpaired) electrons. The maximum atomic E-state index is 10.6. The Bertz CT molecular complexity index is 196. The summed E-state index contributed by atoms with van der Waals surface area (Å²) in [6.45, 7) is 0. The van der Waals surface area contributed by atoms with E-state index >= 15 is 0 Å². The van der Waals surface area contributed by atoms with Crippen molar-refractivity contribution in [1.82, 2.24) is 0 Å². The summed E-state index contributed by atoms with van der Waals surface area (Å²) in [4.78, 5) is 17.8. The number of alkyl halides is 6. The van der Waals surface area contributed by atoms with Gasteiger partial charge in [-0.3, -0.25) is 0 Å². The molecule has 0 spiro atoms. The number of hydrogen-bond donors (Lipinski definition) is 2. The Kier molecular flexibility index (Phi) is 10.1. The second-order valence-electron chi connectivity index (χ2n) is 1.61. The summed E-state index contributed by atoms with van der Waals surface area (Å²) in [6.07, 6.45) is -10.2. The van der Waals surface area contributed by atoms with Gasteiger partial charge in [-0.1, -0.05) is 0 Å². The average molecular weight is 365 g/mol. The van der Waals surface area contributed by atoms with E-state index in [0.29, 0.717) is 0 Å². The van der Waals surface area contributed by atoms with Gasteiger partial charge in [0.1, 0.15) is 0 Å². The molecular weight excluding hydrogens is 363 g/mol. The molecule has 2 N–H and O–H groups in total. The molecule has 15 heavy (non-hydrogen) atoms. The molecule has 0 aliphatic carbocycles. The summed E-state index contributed by atoms with van der Waals surface area (Å²) in [5.41, 5.74) is 0. The van der Waals surface area contributed by atoms with E-state index in [1.54, 1.807) is 0 Å². The number of carbonyl (C=O) groups is 2. The average Bonchev–Trinajstić information content (AvgIpc) is 1.83. The summed E-state index contributed by atoms with van der Waals surface area (Å²) >= 11 is 0. The zero-order valence-electron chi connectivity index (χ0n) is 6.69. The van der Waals surface area contributed by atoms with Gasteiger partial charge in [0.2, 0.25) is 0 Å². The van der Waals surface area contributed by atoms with Crippen LogP contribution in [0.1, 0.15) is 0 Å². The van der Waals surface area contributed by atoms with Crippen LogP contribution in [0, 0.1) is 0 Å². The van der Waals surface area contributed by atoms with Crippen LogP contribution in [0.2, 0.25) is 0 Å². The number of rotatable bonds is 0. The van der Waals surface area contributed by atoms with Crippen LogP contribution in [0.15, 0.2) is 0 Å². The number of carboxylic acid groups (broad SMARTS) is 2. The first-order chi connectivity index (χ1) is 5.89. The third-order valence-electron chi connectivity index (χ3n) is 0.485. The van der Waals surface area contributed by atoms with Gasteiger partial charge in [-0.2, -0.15) is 26.3 Å². The summed E-state index contributed by atoms with van der Waals surface area (Å²) < 4.78 is 63.5. The molecule has 0 fully saturated rings. The molecule has 0 aliphatic heterocycles. The Morgan fingerprint density at radius 3 is 0.800 bits per heavy atom. The van der Waals surface area contributed by atoms with Crippen molar-refractivity contribution in [3.05, 3.63) is 0 Å². The Morgan fingerprint density at radius 2 is 0.800 bits per heavy atom. The predicted molar refractivity (Wildman–Crippen MR) is 33.1 cm³/mol. The standard InChI is InChI=1S/2C2HF3O2.Ba/c2*3-2(4,5)1(6)7;/h2*(H,6,7);. The molecular formula is C4H2BaF6O4. The molecule has 0 aromatic carbocycles. The first-order valence-electron chi connectivity index (χ1n) is 2.49. The molecule has 0 unspecified atom stereocenters. The van der Waals surface area contributed by atoms with Crippen molar-refractivity contribution in [2.45, 2.75) is 12.4 Å². The minimum atomic E-state index is -5.08. The molecule has 0 aromatic heterocycles. The molecule has 0 saturated carbocycles. The number of aliphatic carboxylic acids is 2. The quantitative estimate of drug-likeness (QED) is 0.494. The number of hydrogen-bond acceptors (Lipinski definition) is 2. The van der Waals surface area contributed by atoms with Crippen molar-refractivity contribution in [3.8, 4) is 0 Å². The third kappa shape index (κ3) is 14.1. The van der Waals surface area contributed by atoms with Crippen LogP contribution in [-0.4, -0.2) is 83.4 Å². The minimum absolute atomic E-state index is 0. The van der Waals surface area contributed by atoms with Gasteiger partial charge < -0.3 is 10.2 Å². The van der Waals surface area contributed by atoms with Gasteiger partial charge >= 0.3 is 24.3 Å². The van der Waals surface area contributed by atoms with Crippen LogP contribution in [-0.2, 0) is 9.59 Å². The molecule has 0 amide bonds. The molecule has 11 heteroatoms. The molecule has 0 atom stereocenters. The van der Waals surface area contributed by atoms with Crippen LogP contribution < -0.4 is 0 Å². The van der Waals surface area contributed by atoms with E-state index in [9.17, 15) is 26.3 Å². The fourth-order valence-electron chi connectivity index (χ4n) is 0. The SMILES string of the molecule is O=C(O)C(F)(F)F.O=C(O)C(F)(F)F.[Ba]. The maximum absolute atomic E-state index is 10.6. The van der Waals surface area contributed by atoms with Crippen LogP contribution >= 0.6 is 0 Å². The molecule has 0 aliphatic rings. The molecule has 86 valence electrons. The molecule has 4 nitrogen and oxygen atoms in total. The molecule has 0 heterocycles. The summed E-state index contributed by atoms with van der Waals surface area (Å²) in [7, 11) is 0. The fraction of sp³-hybridized carbons (Fsp3) is 0.500. The second kappa shape index (κ2) is 7.38. The molecule has 0 saturated heterocycles. The van der Waals surface area contributed by atoms with Crippen molar-refractivity contribution < 1.29 is 46.1 Å². The molecule has 0 rings (SSSR count). The monoisotopic (exact) mass is 366 g/mol. The predicted octanol–water partition coefficient (Wildman–Crippen LogP) is 0.886. The van der Waals surface area contributed by atoms with Crippen molar-refractivity contribution >= 4 is 60.8 Å². The molecule has 0 bridgehead atoms. The van der Waals surface area contributed by atoms with Crippen LogP contribution in [0.5, 0.6) is 0 Å². The Morgan fingerprint density at radius 1 is 0.733 bits per heavy atom. The largest absolute Gasteiger partial charge is 0.490 e. The van der Waals surface area contributed by atoms with E-state index in [2.05, 4.69) is 0 Å². The van der Waals surface area contributed by atoms with Crippen LogP contribution in [0.3, 0.4) is 0 Å². The second-order valence-corrected chi connectivity index (χ2v) is 1.61. The summed E-state index contributed by atoms with van der Waals surface area (Å²) in [5.74, 6) is -5.51. The van der Waals surface area contributed by atoms with E-state index in [4.69, 9.17) is 19.8 Å². The van der Waals surface area contributed by atoms with Gasteiger partial charge in [-0.25, -0.2) is 9.59 Å². The van der Waals surface area contributed by atoms with Crippen molar-refractivity contribution in [1.29, 1.82) is 0 Å². The Hall–Kier alpha value is 0.0914.